The molecule has 6 N–H and O–H groups in total. The Balaban J connectivity index is 0.000000228. The smallest absolute Gasteiger partial charge is 0.356 e. The van der Waals surface area contributed by atoms with Crippen LogP contribution in [0.15, 0.2) is 131 Å². The number of esters is 1. The van der Waals surface area contributed by atoms with Crippen molar-refractivity contribution in [2.45, 2.75) is 42.8 Å². The summed E-state index contributed by atoms with van der Waals surface area (Å²) in [6.45, 7) is 11.2. The number of nitrogens with zero attached hydrogens (tertiary/aromatic N) is 4. The van der Waals surface area contributed by atoms with Crippen molar-refractivity contribution < 1.29 is 52.3 Å². The van der Waals surface area contributed by atoms with E-state index in [2.05, 4.69) is 28.6 Å². The Hall–Kier alpha value is -5.80. The van der Waals surface area contributed by atoms with Gasteiger partial charge in [-0.2, -0.15) is 0 Å². The number of carboxylic acid groups (broad SMARTS) is 1. The fourth-order valence-electron chi connectivity index (χ4n) is 7.00. The lowest BCUT2D eigenvalue weighted by Crippen LogP contribution is -2.71. The van der Waals surface area contributed by atoms with Gasteiger partial charge in [-0.25, -0.2) is 14.6 Å². The van der Waals surface area contributed by atoms with Gasteiger partial charge in [0.25, 0.3) is 11.8 Å². The lowest BCUT2D eigenvalue weighted by molar-refractivity contribution is -0.153. The number of hydrogen-bond donors (Lipinski definition) is 4. The number of nitrogen functional groups attached to an aromatic ring is 1. The number of hydrogen-bond acceptors (Lipinski definition) is 17. The molecule has 0 radical (unpaired) electrons. The molecule has 4 aliphatic rings. The van der Waals surface area contributed by atoms with Crippen LogP contribution < -0.4 is 16.8 Å². The number of ether oxygens (including phenoxy) is 1. The van der Waals surface area contributed by atoms with Gasteiger partial charge in [0.1, 0.15) is 46.5 Å². The minimum Gasteiger partial charge on any atom is -0.477 e. The van der Waals surface area contributed by atoms with Crippen molar-refractivity contribution in [2.75, 3.05) is 43.2 Å². The molecule has 66 heavy (non-hydrogen) atoms. The largest absolute Gasteiger partial charge is 0.477 e. The van der Waals surface area contributed by atoms with E-state index in [-0.39, 0.29) is 65.2 Å². The predicted octanol–water partition coefficient (Wildman–Crippen LogP) is 5.19. The highest BCUT2D eigenvalue weighted by Crippen LogP contribution is 2.48. The van der Waals surface area contributed by atoms with E-state index in [9.17, 15) is 33.6 Å². The second-order valence-electron chi connectivity index (χ2n) is 14.3. The van der Waals surface area contributed by atoms with E-state index in [0.717, 1.165) is 27.4 Å². The van der Waals surface area contributed by atoms with Crippen LogP contribution in [-0.2, 0) is 47.2 Å². The van der Waals surface area contributed by atoms with E-state index in [4.69, 9.17) is 30.1 Å². The molecule has 3 amide bonds. The minimum absolute atomic E-state index is 0.0391. The van der Waals surface area contributed by atoms with Crippen LogP contribution in [0, 0.1) is 0 Å². The van der Waals surface area contributed by atoms with E-state index in [0.29, 0.717) is 22.7 Å². The van der Waals surface area contributed by atoms with Crippen LogP contribution in [0.25, 0.3) is 0 Å². The van der Waals surface area contributed by atoms with E-state index in [1.54, 1.807) is 32.1 Å². The number of benzene rings is 2. The quantitative estimate of drug-likeness (QED) is 0.0229. The maximum absolute atomic E-state index is 13.2. The second kappa shape index (κ2) is 22.6. The van der Waals surface area contributed by atoms with Crippen molar-refractivity contribution in [1.29, 1.82) is 0 Å². The number of carbonyl (C=O) groups excluding carboxylic acids is 4. The summed E-state index contributed by atoms with van der Waals surface area (Å²) in [4.78, 5) is 75.0. The first-order valence-electron chi connectivity index (χ1n) is 20.4. The first kappa shape index (κ1) is 49.6. The number of carbonyl (C=O) groups is 5. The molecule has 0 spiro atoms. The molecule has 0 saturated carbocycles. The molecule has 1 aromatic heterocycles. The van der Waals surface area contributed by atoms with E-state index in [1.165, 1.54) is 39.9 Å². The summed E-state index contributed by atoms with van der Waals surface area (Å²) in [5, 5.41) is 16.9. The SMILES string of the molecule is C=CC1=C(C(=O)O)N2C(=O)[C@@H](NC(=O)/C(=N\OC/C=C/CP(=O)(OCC)OCC)c3csc(N)n3)[C@H]2SC1.C=CC1=C(C(=O)OC(c2ccccc2)c2ccccc2)N2C(=O)[C@@H](N)[C@H]2SC1. The molecule has 0 unspecified atom stereocenters. The molecule has 3 aromatic rings. The molecule has 348 valence electrons. The monoisotopic (exact) mass is 977 g/mol. The van der Waals surface area contributed by atoms with Crippen LogP contribution in [0.3, 0.4) is 0 Å². The molecule has 7 rings (SSSR count). The van der Waals surface area contributed by atoms with Crippen molar-refractivity contribution in [1.82, 2.24) is 20.1 Å². The summed E-state index contributed by atoms with van der Waals surface area (Å²) >= 11 is 3.93. The molecular formula is C44H48N7O11PS3. The summed E-state index contributed by atoms with van der Waals surface area (Å²) < 4.78 is 28.8. The lowest BCUT2D eigenvalue weighted by Gasteiger charge is -2.49. The standard InChI is InChI=1S/C22H28N5O8PS2.C22H20N2O3S/c1-4-13-11-37-20-16(19(29)27(20)17(13)21(30)31)25-18(28)15(14-12-38-22(23)24-14)26-33-9-7-8-10-36(32,34-5-2)35-6-3;1-2-14-13-28-21-17(23)20(25)24(21)18(14)22(26)27-19(15-9-5-3-6-10-15)16-11-7-4-8-12-16/h4,7-8,12,16,20H,1,5-6,9-11H2,2-3H3,(H2,23,24)(H,25,28)(H,30,31);2-12,17,19,21H,1,13,23H2/b8-7+,26-15-;/t16-,20-;17-,21-/m11/s1. The average molecular weight is 978 g/mol. The average Bonchev–Trinajstić information content (AvgIpc) is 3.76. The molecule has 4 aliphatic heterocycles. The molecular weight excluding hydrogens is 930 g/mol. The van der Waals surface area contributed by atoms with Crippen LogP contribution in [0.2, 0.25) is 0 Å². The number of thiazole rings is 1. The first-order valence-corrected chi connectivity index (χ1v) is 25.1. The highest BCUT2D eigenvalue weighted by Gasteiger charge is 2.54. The van der Waals surface area contributed by atoms with Gasteiger partial charge in [0.2, 0.25) is 5.91 Å². The Morgan fingerprint density at radius 2 is 1.50 bits per heavy atom. The lowest BCUT2D eigenvalue weighted by atomic mass is 10.0. The number of aromatic nitrogens is 1. The van der Waals surface area contributed by atoms with Gasteiger partial charge in [-0.05, 0) is 42.2 Å². The predicted molar refractivity (Wildman–Crippen MR) is 253 cm³/mol. The van der Waals surface area contributed by atoms with E-state index in [1.807, 2.05) is 60.7 Å². The zero-order valence-electron chi connectivity index (χ0n) is 35.8. The molecule has 2 aromatic carbocycles. The molecule has 0 bridgehead atoms. The van der Waals surface area contributed by atoms with E-state index < -0.39 is 54.9 Å². The third-order valence-corrected chi connectivity index (χ3v) is 15.4. The first-order chi connectivity index (χ1) is 31.8. The zero-order chi connectivity index (χ0) is 47.5. The summed E-state index contributed by atoms with van der Waals surface area (Å²) in [6.07, 6.45) is 5.58. The maximum atomic E-state index is 13.2. The molecule has 22 heteroatoms. The number of oxime groups is 1. The van der Waals surface area contributed by atoms with Gasteiger partial charge in [-0.15, -0.1) is 34.9 Å². The number of carboxylic acids is 1. The zero-order valence-corrected chi connectivity index (χ0v) is 39.2. The number of fused-ring (bicyclic) bond motifs is 2. The van der Waals surface area contributed by atoms with Crippen LogP contribution in [-0.4, -0.2) is 116 Å². The van der Waals surface area contributed by atoms with Crippen molar-refractivity contribution in [3.63, 3.8) is 0 Å². The van der Waals surface area contributed by atoms with Crippen LogP contribution in [0.4, 0.5) is 5.13 Å². The number of β-lactam (4-membered cyclic amide) rings is 2. The van der Waals surface area contributed by atoms with Crippen molar-refractivity contribution in [3.8, 4) is 0 Å². The summed E-state index contributed by atoms with van der Waals surface area (Å²) in [5.74, 6) is -2.48. The summed E-state index contributed by atoms with van der Waals surface area (Å²) in [5.41, 5.74) is 14.5. The number of nitrogens with two attached hydrogens (primary N) is 2. The number of nitrogens with one attached hydrogen (secondary N) is 1. The van der Waals surface area contributed by atoms with Gasteiger partial charge in [0, 0.05) is 16.9 Å². The normalized spacial score (nSPS) is 20.4. The van der Waals surface area contributed by atoms with Gasteiger partial charge in [-0.1, -0.05) is 97.2 Å². The van der Waals surface area contributed by atoms with E-state index >= 15 is 0 Å². The molecule has 0 aliphatic carbocycles. The second-order valence-corrected chi connectivity index (χ2v) is 19.5. The molecule has 18 nitrogen and oxygen atoms in total. The van der Waals surface area contributed by atoms with Gasteiger partial charge < -0.3 is 40.5 Å². The van der Waals surface area contributed by atoms with Gasteiger partial charge in [0.15, 0.2) is 16.9 Å². The van der Waals surface area contributed by atoms with Crippen molar-refractivity contribution >= 4 is 83.0 Å². The Morgan fingerprint density at radius 3 is 2.05 bits per heavy atom. The minimum atomic E-state index is -3.24. The summed E-state index contributed by atoms with van der Waals surface area (Å²) in [7, 11) is -3.24. The highest BCUT2D eigenvalue weighted by atomic mass is 32.2. The van der Waals surface area contributed by atoms with Gasteiger partial charge in [0.05, 0.1) is 19.4 Å². The van der Waals surface area contributed by atoms with Crippen molar-refractivity contribution in [3.05, 3.63) is 143 Å². The molecule has 5 heterocycles. The fourth-order valence-corrected chi connectivity index (χ4v) is 11.6. The van der Waals surface area contributed by atoms with Gasteiger partial charge >= 0.3 is 19.5 Å². The van der Waals surface area contributed by atoms with Crippen LogP contribution in [0.5, 0.6) is 0 Å². The third-order valence-electron chi connectivity index (χ3n) is 10.1. The Bertz CT molecular complexity index is 2470. The fraction of sp³-hybridized carbons (Fsp3) is 0.295. The van der Waals surface area contributed by atoms with Crippen molar-refractivity contribution in [2.24, 2.45) is 10.9 Å². The molecule has 4 atom stereocenters. The Labute approximate surface area is 393 Å². The molecule has 2 fully saturated rings. The number of thioether (sulfide) groups is 2. The highest BCUT2D eigenvalue weighted by molar-refractivity contribution is 8.00. The van der Waals surface area contributed by atoms with Crippen LogP contribution >= 0.6 is 42.5 Å². The number of rotatable bonds is 19. The number of allylic oxidation sites excluding steroid dienone is 3. The number of anilines is 1. The Morgan fingerprint density at radius 1 is 0.924 bits per heavy atom. The maximum Gasteiger partial charge on any atom is 0.356 e. The summed E-state index contributed by atoms with van der Waals surface area (Å²) in [6, 6.07) is 17.5. The number of aliphatic carboxylic acids is 1. The third kappa shape index (κ3) is 11.1. The van der Waals surface area contributed by atoms with Crippen LogP contribution in [0.1, 0.15) is 36.8 Å². The molecule has 2 saturated heterocycles. The topological polar surface area (TPSA) is 255 Å². The van der Waals surface area contributed by atoms with Gasteiger partial charge in [-0.3, -0.25) is 28.7 Å². The Kier molecular flexibility index (Phi) is 17.0. The number of amides is 3.